The number of hydrogen-bond donors (Lipinski definition) is 1. The number of likely N-dealkylation sites (tertiary alicyclic amines) is 1. The van der Waals surface area contributed by atoms with Crippen molar-refractivity contribution in [2.75, 3.05) is 19.6 Å². The number of nitrogens with one attached hydrogen (secondary N) is 1. The third kappa shape index (κ3) is 4.09. The van der Waals surface area contributed by atoms with Crippen molar-refractivity contribution in [3.05, 3.63) is 0 Å². The van der Waals surface area contributed by atoms with Gasteiger partial charge in [-0.2, -0.15) is 13.2 Å². The molecule has 112 valence electrons. The van der Waals surface area contributed by atoms with Crippen molar-refractivity contribution in [3.8, 4) is 0 Å². The third-order valence-corrected chi connectivity index (χ3v) is 4.52. The number of nitrogens with zero attached hydrogens (tertiary/aromatic N) is 1. The Morgan fingerprint density at radius 3 is 2.68 bits per heavy atom. The van der Waals surface area contributed by atoms with Crippen molar-refractivity contribution in [2.45, 2.75) is 63.7 Å². The van der Waals surface area contributed by atoms with Gasteiger partial charge in [0, 0.05) is 18.6 Å². The number of rotatable bonds is 4. The third-order valence-electron chi connectivity index (χ3n) is 4.52. The highest BCUT2D eigenvalue weighted by molar-refractivity contribution is 4.90. The van der Waals surface area contributed by atoms with Gasteiger partial charge in [-0.05, 0) is 51.6 Å². The zero-order valence-electron chi connectivity index (χ0n) is 11.7. The van der Waals surface area contributed by atoms with Crippen LogP contribution in [0.1, 0.15) is 45.4 Å². The summed E-state index contributed by atoms with van der Waals surface area (Å²) in [4.78, 5) is 2.09. The summed E-state index contributed by atoms with van der Waals surface area (Å²) in [6.07, 6.45) is 1.27. The van der Waals surface area contributed by atoms with E-state index in [-0.39, 0.29) is 6.54 Å². The van der Waals surface area contributed by atoms with Gasteiger partial charge >= 0.3 is 6.18 Å². The van der Waals surface area contributed by atoms with Crippen LogP contribution in [0.3, 0.4) is 0 Å². The Hall–Kier alpha value is -0.290. The van der Waals surface area contributed by atoms with Crippen LogP contribution in [-0.4, -0.2) is 42.8 Å². The van der Waals surface area contributed by atoms with Crippen LogP contribution in [0.4, 0.5) is 13.2 Å². The monoisotopic (exact) mass is 278 g/mol. The normalized spacial score (nSPS) is 33.8. The molecular weight excluding hydrogens is 253 g/mol. The van der Waals surface area contributed by atoms with Gasteiger partial charge in [-0.1, -0.05) is 6.92 Å². The molecule has 2 aliphatic rings. The SMILES string of the molecule is CCCNC1CCC(N2CCCC(C(F)(F)F)C2)C1. The second kappa shape index (κ2) is 6.44. The molecule has 0 aromatic rings. The Balaban J connectivity index is 1.82. The molecule has 1 heterocycles. The van der Waals surface area contributed by atoms with E-state index in [2.05, 4.69) is 17.1 Å². The maximum absolute atomic E-state index is 12.8. The molecule has 3 unspecified atom stereocenters. The smallest absolute Gasteiger partial charge is 0.314 e. The first-order valence-electron chi connectivity index (χ1n) is 7.55. The van der Waals surface area contributed by atoms with Gasteiger partial charge < -0.3 is 5.32 Å². The lowest BCUT2D eigenvalue weighted by atomic mass is 9.96. The van der Waals surface area contributed by atoms with Crippen LogP contribution in [0.25, 0.3) is 0 Å². The molecule has 2 rings (SSSR count). The lowest BCUT2D eigenvalue weighted by Gasteiger charge is -2.37. The van der Waals surface area contributed by atoms with Crippen LogP contribution in [-0.2, 0) is 0 Å². The number of piperidine rings is 1. The molecule has 1 saturated heterocycles. The maximum atomic E-state index is 12.8. The average molecular weight is 278 g/mol. The Kier molecular flexibility index (Phi) is 5.12. The lowest BCUT2D eigenvalue weighted by Crippen LogP contribution is -2.46. The van der Waals surface area contributed by atoms with Crippen molar-refractivity contribution < 1.29 is 13.2 Å². The molecule has 0 spiro atoms. The molecule has 1 saturated carbocycles. The van der Waals surface area contributed by atoms with Gasteiger partial charge in [0.25, 0.3) is 0 Å². The first-order chi connectivity index (χ1) is 9.00. The van der Waals surface area contributed by atoms with E-state index in [1.807, 2.05) is 0 Å². The van der Waals surface area contributed by atoms with Crippen molar-refractivity contribution in [2.24, 2.45) is 5.92 Å². The van der Waals surface area contributed by atoms with Gasteiger partial charge in [-0.15, -0.1) is 0 Å². The molecule has 0 aromatic carbocycles. The molecule has 3 atom stereocenters. The van der Waals surface area contributed by atoms with Gasteiger partial charge in [0.15, 0.2) is 0 Å². The summed E-state index contributed by atoms with van der Waals surface area (Å²) in [5, 5.41) is 3.49. The van der Waals surface area contributed by atoms with E-state index < -0.39 is 12.1 Å². The fourth-order valence-electron chi connectivity index (χ4n) is 3.43. The van der Waals surface area contributed by atoms with E-state index in [1.54, 1.807) is 0 Å². The van der Waals surface area contributed by atoms with E-state index in [0.29, 0.717) is 24.9 Å². The minimum absolute atomic E-state index is 0.217. The number of halogens is 3. The molecule has 0 bridgehead atoms. The summed E-state index contributed by atoms with van der Waals surface area (Å²) in [7, 11) is 0. The summed E-state index contributed by atoms with van der Waals surface area (Å²) in [5.74, 6) is -1.11. The predicted molar refractivity (Wildman–Crippen MR) is 70.1 cm³/mol. The second-order valence-electron chi connectivity index (χ2n) is 5.99. The largest absolute Gasteiger partial charge is 0.393 e. The summed E-state index contributed by atoms with van der Waals surface area (Å²) in [5.41, 5.74) is 0. The quantitative estimate of drug-likeness (QED) is 0.849. The molecule has 0 aromatic heterocycles. The first kappa shape index (κ1) is 15.1. The lowest BCUT2D eigenvalue weighted by molar-refractivity contribution is -0.188. The van der Waals surface area contributed by atoms with Crippen LogP contribution in [0.15, 0.2) is 0 Å². The fourth-order valence-corrected chi connectivity index (χ4v) is 3.43. The van der Waals surface area contributed by atoms with Crippen LogP contribution in [0, 0.1) is 5.92 Å². The van der Waals surface area contributed by atoms with E-state index in [9.17, 15) is 13.2 Å². The second-order valence-corrected chi connectivity index (χ2v) is 5.99. The van der Waals surface area contributed by atoms with E-state index in [1.165, 1.54) is 0 Å². The molecule has 19 heavy (non-hydrogen) atoms. The van der Waals surface area contributed by atoms with Gasteiger partial charge in [-0.25, -0.2) is 0 Å². The van der Waals surface area contributed by atoms with Crippen molar-refractivity contribution in [1.82, 2.24) is 10.2 Å². The molecule has 1 aliphatic heterocycles. The van der Waals surface area contributed by atoms with Crippen LogP contribution in [0.5, 0.6) is 0 Å². The molecule has 1 N–H and O–H groups in total. The molecule has 2 fully saturated rings. The van der Waals surface area contributed by atoms with Gasteiger partial charge in [0.05, 0.1) is 5.92 Å². The standard InChI is InChI=1S/C14H25F3N2/c1-2-7-18-12-5-6-13(9-12)19-8-3-4-11(10-19)14(15,16)17/h11-13,18H,2-10H2,1H3. The van der Waals surface area contributed by atoms with Gasteiger partial charge in [0.2, 0.25) is 0 Å². The van der Waals surface area contributed by atoms with Gasteiger partial charge in [0.1, 0.15) is 0 Å². The fraction of sp³-hybridized carbons (Fsp3) is 1.00. The average Bonchev–Trinajstić information content (AvgIpc) is 2.84. The first-order valence-corrected chi connectivity index (χ1v) is 7.55. The Labute approximate surface area is 113 Å². The maximum Gasteiger partial charge on any atom is 0.393 e. The number of hydrogen-bond acceptors (Lipinski definition) is 2. The summed E-state index contributed by atoms with van der Waals surface area (Å²) in [6.45, 7) is 4.22. The van der Waals surface area contributed by atoms with Crippen LogP contribution in [0.2, 0.25) is 0 Å². The van der Waals surface area contributed by atoms with Crippen molar-refractivity contribution >= 4 is 0 Å². The summed E-state index contributed by atoms with van der Waals surface area (Å²) < 4.78 is 38.4. The Morgan fingerprint density at radius 2 is 2.00 bits per heavy atom. The summed E-state index contributed by atoms with van der Waals surface area (Å²) in [6, 6.07) is 0.871. The molecule has 0 radical (unpaired) electrons. The molecular formula is C14H25F3N2. The summed E-state index contributed by atoms with van der Waals surface area (Å²) >= 11 is 0. The zero-order valence-corrected chi connectivity index (χ0v) is 11.7. The van der Waals surface area contributed by atoms with Crippen LogP contribution < -0.4 is 5.32 Å². The van der Waals surface area contributed by atoms with Crippen molar-refractivity contribution in [1.29, 1.82) is 0 Å². The predicted octanol–water partition coefficient (Wildman–Crippen LogP) is 3.18. The topological polar surface area (TPSA) is 15.3 Å². The zero-order chi connectivity index (χ0) is 13.9. The van der Waals surface area contributed by atoms with Crippen LogP contribution >= 0.6 is 0 Å². The highest BCUT2D eigenvalue weighted by Crippen LogP contribution is 2.35. The Morgan fingerprint density at radius 1 is 1.21 bits per heavy atom. The van der Waals surface area contributed by atoms with E-state index in [0.717, 1.165) is 38.8 Å². The van der Waals surface area contributed by atoms with Crippen molar-refractivity contribution in [3.63, 3.8) is 0 Å². The minimum Gasteiger partial charge on any atom is -0.314 e. The van der Waals surface area contributed by atoms with E-state index in [4.69, 9.17) is 0 Å². The Bertz CT molecular complexity index is 280. The molecule has 1 aliphatic carbocycles. The van der Waals surface area contributed by atoms with E-state index >= 15 is 0 Å². The molecule has 5 heteroatoms. The number of alkyl halides is 3. The minimum atomic E-state index is -4.02. The highest BCUT2D eigenvalue weighted by atomic mass is 19.4. The highest BCUT2D eigenvalue weighted by Gasteiger charge is 2.43. The van der Waals surface area contributed by atoms with Gasteiger partial charge in [-0.3, -0.25) is 4.90 Å². The molecule has 2 nitrogen and oxygen atoms in total. The molecule has 0 amide bonds.